The fourth-order valence-corrected chi connectivity index (χ4v) is 4.29. The van der Waals surface area contributed by atoms with Gasteiger partial charge in [-0.1, -0.05) is 19.6 Å². The summed E-state index contributed by atoms with van der Waals surface area (Å²) >= 11 is 0. The summed E-state index contributed by atoms with van der Waals surface area (Å²) in [6.45, 7) is 8.52. The Morgan fingerprint density at radius 1 is 1.43 bits per heavy atom. The average molecular weight is 320 g/mol. The molecule has 7 unspecified atom stereocenters. The summed E-state index contributed by atoms with van der Waals surface area (Å²) in [5.74, 6) is -2.70. The highest BCUT2D eigenvalue weighted by atomic mass is 16.6. The maximum absolute atomic E-state index is 12.4. The van der Waals surface area contributed by atoms with Gasteiger partial charge in [0.1, 0.15) is 12.2 Å². The van der Waals surface area contributed by atoms with E-state index in [1.165, 1.54) is 13.0 Å². The lowest BCUT2D eigenvalue weighted by molar-refractivity contribution is -0.165. The first kappa shape index (κ1) is 15.9. The van der Waals surface area contributed by atoms with Gasteiger partial charge in [-0.2, -0.15) is 0 Å². The molecule has 0 bridgehead atoms. The van der Waals surface area contributed by atoms with Crippen LogP contribution in [-0.4, -0.2) is 41.1 Å². The summed E-state index contributed by atoms with van der Waals surface area (Å²) in [5, 5.41) is 10.9. The van der Waals surface area contributed by atoms with Crippen molar-refractivity contribution in [3.05, 3.63) is 24.3 Å². The van der Waals surface area contributed by atoms with Crippen LogP contribution < -0.4 is 0 Å². The molecule has 2 aliphatic carbocycles. The lowest BCUT2D eigenvalue weighted by Gasteiger charge is -2.37. The zero-order valence-electron chi connectivity index (χ0n) is 13.3. The Balaban J connectivity index is 2.13. The molecule has 2 fully saturated rings. The second-order valence-corrected chi connectivity index (χ2v) is 6.83. The number of hydrogen-bond acceptors (Lipinski definition) is 6. The van der Waals surface area contributed by atoms with E-state index in [0.717, 1.165) is 0 Å². The van der Waals surface area contributed by atoms with Crippen molar-refractivity contribution in [3.8, 4) is 0 Å². The number of carbonyl (C=O) groups is 3. The number of allylic oxidation sites excluding steroid dienone is 2. The lowest BCUT2D eigenvalue weighted by Crippen LogP contribution is -2.46. The van der Waals surface area contributed by atoms with Gasteiger partial charge in [-0.3, -0.25) is 9.59 Å². The molecule has 0 aromatic heterocycles. The van der Waals surface area contributed by atoms with Gasteiger partial charge in [0.15, 0.2) is 5.78 Å². The van der Waals surface area contributed by atoms with Gasteiger partial charge in [0.2, 0.25) is 0 Å². The second-order valence-electron chi connectivity index (χ2n) is 6.83. The third-order valence-electron chi connectivity index (χ3n) is 5.61. The molecule has 23 heavy (non-hydrogen) atoms. The number of ketones is 1. The molecule has 1 saturated carbocycles. The fraction of sp³-hybridized carbons (Fsp3) is 0.588. The summed E-state index contributed by atoms with van der Waals surface area (Å²) in [7, 11) is 0. The molecule has 0 spiro atoms. The van der Waals surface area contributed by atoms with Crippen LogP contribution in [-0.2, 0) is 23.9 Å². The maximum Gasteiger partial charge on any atom is 0.334 e. The first-order valence-electron chi connectivity index (χ1n) is 7.67. The SMILES string of the molecule is C=C1C(=O)OC2C(OC(C)=O)C(C)C3C=CC(=O)C3(C)C(O)C12. The van der Waals surface area contributed by atoms with Crippen LogP contribution in [0, 0.1) is 23.2 Å². The van der Waals surface area contributed by atoms with Crippen LogP contribution in [0.25, 0.3) is 0 Å². The molecule has 0 radical (unpaired) electrons. The Hall–Kier alpha value is -1.95. The highest BCUT2D eigenvalue weighted by Crippen LogP contribution is 2.53. The molecule has 1 N–H and O–H groups in total. The molecular weight excluding hydrogens is 300 g/mol. The van der Waals surface area contributed by atoms with Crippen molar-refractivity contribution >= 4 is 17.7 Å². The van der Waals surface area contributed by atoms with Crippen molar-refractivity contribution in [1.29, 1.82) is 0 Å². The van der Waals surface area contributed by atoms with Crippen molar-refractivity contribution in [2.75, 3.05) is 0 Å². The van der Waals surface area contributed by atoms with Gasteiger partial charge in [0.05, 0.1) is 17.4 Å². The number of hydrogen-bond donors (Lipinski definition) is 1. The maximum atomic E-state index is 12.4. The van der Waals surface area contributed by atoms with E-state index in [1.807, 2.05) is 6.92 Å². The van der Waals surface area contributed by atoms with E-state index in [-0.39, 0.29) is 23.2 Å². The van der Waals surface area contributed by atoms with Crippen LogP contribution in [0.5, 0.6) is 0 Å². The molecule has 7 atom stereocenters. The summed E-state index contributed by atoms with van der Waals surface area (Å²) < 4.78 is 10.8. The van der Waals surface area contributed by atoms with Gasteiger partial charge in [-0.15, -0.1) is 0 Å². The third kappa shape index (κ3) is 2.01. The van der Waals surface area contributed by atoms with Crippen molar-refractivity contribution in [1.82, 2.24) is 0 Å². The lowest BCUT2D eigenvalue weighted by atomic mass is 9.67. The number of ether oxygens (including phenoxy) is 2. The number of esters is 2. The van der Waals surface area contributed by atoms with Gasteiger partial charge in [0, 0.05) is 18.4 Å². The van der Waals surface area contributed by atoms with E-state index < -0.39 is 41.6 Å². The minimum absolute atomic E-state index is 0.119. The van der Waals surface area contributed by atoms with Crippen molar-refractivity contribution in [2.45, 2.75) is 39.1 Å². The molecule has 0 aromatic rings. The monoisotopic (exact) mass is 320 g/mol. The number of carbonyl (C=O) groups excluding carboxylic acids is 3. The van der Waals surface area contributed by atoms with Crippen LogP contribution in [0.15, 0.2) is 24.3 Å². The normalized spacial score (nSPS) is 45.3. The minimum Gasteiger partial charge on any atom is -0.458 e. The largest absolute Gasteiger partial charge is 0.458 e. The molecule has 0 amide bonds. The average Bonchev–Trinajstić information content (AvgIpc) is 2.92. The minimum atomic E-state index is -1.14. The van der Waals surface area contributed by atoms with Crippen molar-refractivity contribution < 1.29 is 29.0 Å². The van der Waals surface area contributed by atoms with Gasteiger partial charge >= 0.3 is 11.9 Å². The molecule has 0 aromatic carbocycles. The number of rotatable bonds is 1. The summed E-state index contributed by atoms with van der Waals surface area (Å²) in [5.41, 5.74) is -0.970. The van der Waals surface area contributed by atoms with Crippen molar-refractivity contribution in [3.63, 3.8) is 0 Å². The molecule has 3 aliphatic rings. The first-order chi connectivity index (χ1) is 10.7. The van der Waals surface area contributed by atoms with Crippen LogP contribution in [0.4, 0.5) is 0 Å². The van der Waals surface area contributed by atoms with E-state index in [9.17, 15) is 19.5 Å². The number of fused-ring (bicyclic) bond motifs is 2. The van der Waals surface area contributed by atoms with E-state index in [4.69, 9.17) is 9.47 Å². The number of aliphatic hydroxyl groups is 1. The molecule has 124 valence electrons. The molecular formula is C17H20O6. The van der Waals surface area contributed by atoms with E-state index in [2.05, 4.69) is 6.58 Å². The molecule has 1 heterocycles. The molecule has 1 aliphatic heterocycles. The predicted molar refractivity (Wildman–Crippen MR) is 79.0 cm³/mol. The summed E-state index contributed by atoms with van der Waals surface area (Å²) in [6.07, 6.45) is 0.501. The van der Waals surface area contributed by atoms with Crippen LogP contribution in [0.1, 0.15) is 20.8 Å². The van der Waals surface area contributed by atoms with Gasteiger partial charge in [0.25, 0.3) is 0 Å². The summed E-state index contributed by atoms with van der Waals surface area (Å²) in [6, 6.07) is 0. The van der Waals surface area contributed by atoms with Crippen LogP contribution in [0.2, 0.25) is 0 Å². The number of aliphatic hydroxyl groups excluding tert-OH is 1. The molecule has 6 heteroatoms. The Bertz CT molecular complexity index is 635. The van der Waals surface area contributed by atoms with Crippen LogP contribution >= 0.6 is 0 Å². The standard InChI is InChI=1S/C17H20O6/c1-7-10-5-6-11(19)17(10,4)15(20)12-8(2)16(21)23-14(12)13(7)22-9(3)18/h5-7,10,12-15,20H,2H2,1,3-4H3. The fourth-order valence-electron chi connectivity index (χ4n) is 4.29. The highest BCUT2D eigenvalue weighted by Gasteiger charge is 2.63. The second kappa shape index (κ2) is 5.03. The van der Waals surface area contributed by atoms with E-state index in [0.29, 0.717) is 0 Å². The predicted octanol–water partition coefficient (Wildman–Crippen LogP) is 0.788. The zero-order chi connectivity index (χ0) is 17.1. The molecule has 3 rings (SSSR count). The Labute approximate surface area is 134 Å². The van der Waals surface area contributed by atoms with E-state index in [1.54, 1.807) is 13.0 Å². The quantitative estimate of drug-likeness (QED) is 0.567. The first-order valence-corrected chi connectivity index (χ1v) is 7.67. The van der Waals surface area contributed by atoms with E-state index >= 15 is 0 Å². The summed E-state index contributed by atoms with van der Waals surface area (Å²) in [4.78, 5) is 35.9. The van der Waals surface area contributed by atoms with Gasteiger partial charge in [-0.05, 0) is 18.9 Å². The van der Waals surface area contributed by atoms with Gasteiger partial charge in [-0.25, -0.2) is 4.79 Å². The Morgan fingerprint density at radius 2 is 2.09 bits per heavy atom. The van der Waals surface area contributed by atoms with Gasteiger partial charge < -0.3 is 14.6 Å². The smallest absolute Gasteiger partial charge is 0.334 e. The Morgan fingerprint density at radius 3 is 2.70 bits per heavy atom. The topological polar surface area (TPSA) is 89.9 Å². The van der Waals surface area contributed by atoms with Crippen LogP contribution in [0.3, 0.4) is 0 Å². The third-order valence-corrected chi connectivity index (χ3v) is 5.61. The Kier molecular flexibility index (Phi) is 3.48. The zero-order valence-corrected chi connectivity index (χ0v) is 13.3. The highest BCUT2D eigenvalue weighted by molar-refractivity contribution is 5.99. The molecule has 6 nitrogen and oxygen atoms in total. The van der Waals surface area contributed by atoms with Crippen molar-refractivity contribution in [2.24, 2.45) is 23.2 Å². The molecule has 1 saturated heterocycles.